The van der Waals surface area contributed by atoms with Crippen molar-refractivity contribution in [3.63, 3.8) is 0 Å². The fourth-order valence-electron chi connectivity index (χ4n) is 2.91. The van der Waals surface area contributed by atoms with Gasteiger partial charge >= 0.3 is 0 Å². The molecule has 0 aliphatic carbocycles. The predicted octanol–water partition coefficient (Wildman–Crippen LogP) is 4.89. The summed E-state index contributed by atoms with van der Waals surface area (Å²) in [5.41, 5.74) is 3.22. The molecule has 3 nitrogen and oxygen atoms in total. The quantitative estimate of drug-likeness (QED) is 0.237. The molecule has 25 heavy (non-hydrogen) atoms. The molecule has 1 aliphatic heterocycles. The highest BCUT2D eigenvalue weighted by Crippen LogP contribution is 2.31. The predicted molar refractivity (Wildman–Crippen MR) is 100 cm³/mol. The number of Topliss-reactive ketones (excluding diaryl/α,β-unsaturated/α-hetero) is 1. The topological polar surface area (TPSA) is 38.7 Å². The van der Waals surface area contributed by atoms with Gasteiger partial charge in [0.15, 0.2) is 5.78 Å². The Bertz CT molecular complexity index is 737. The summed E-state index contributed by atoms with van der Waals surface area (Å²) in [5, 5.41) is 0. The van der Waals surface area contributed by atoms with Gasteiger partial charge < -0.3 is 4.74 Å². The van der Waals surface area contributed by atoms with Crippen molar-refractivity contribution in [1.82, 2.24) is 0 Å². The molecule has 5 heteroatoms. The Hall–Kier alpha value is -1.94. The number of carbonyl (C=O) groups excluding carboxylic acids is 1. The molecule has 0 spiro atoms. The molecule has 0 fully saturated rings. The van der Waals surface area contributed by atoms with Gasteiger partial charge in [-0.15, -0.1) is 11.6 Å². The summed E-state index contributed by atoms with van der Waals surface area (Å²) >= 11 is 5.66. The highest BCUT2D eigenvalue weighted by molar-refractivity contribution is 6.18. The van der Waals surface area contributed by atoms with Gasteiger partial charge in [0.05, 0.1) is 12.5 Å². The zero-order valence-corrected chi connectivity index (χ0v) is 15.6. The first-order valence-electron chi connectivity index (χ1n) is 8.39. The van der Waals surface area contributed by atoms with Crippen LogP contribution in [-0.4, -0.2) is 24.6 Å². The fourth-order valence-corrected chi connectivity index (χ4v) is 2.98. The molecule has 1 unspecified atom stereocenters. The van der Waals surface area contributed by atoms with Crippen molar-refractivity contribution in [2.45, 2.75) is 33.6 Å². The number of ketones is 1. The first-order valence-corrected chi connectivity index (χ1v) is 8.92. The normalized spacial score (nSPS) is 18.6. The minimum atomic E-state index is -0.343. The third-order valence-corrected chi connectivity index (χ3v) is 4.56. The van der Waals surface area contributed by atoms with Crippen LogP contribution in [0.25, 0.3) is 0 Å². The first-order chi connectivity index (χ1) is 12.0. The van der Waals surface area contributed by atoms with Crippen LogP contribution >= 0.6 is 11.6 Å². The summed E-state index contributed by atoms with van der Waals surface area (Å²) < 4.78 is 19.1. The minimum absolute atomic E-state index is 0.0127. The Kier molecular flexibility index (Phi) is 6.94. The van der Waals surface area contributed by atoms with Crippen molar-refractivity contribution in [3.05, 3.63) is 52.4 Å². The van der Waals surface area contributed by atoms with Crippen LogP contribution in [0.1, 0.15) is 32.8 Å². The standard InChI is InChI=1S/C20H23ClFNO2/c1-4-13(3)18(10-23-12-21)17(5-2)20(24)15-8-14-9-16(22)6-7-19(14)25-11-15/h5-7,9-10,15H,4,8,11-12H2,1-3H3/b17-5+,18-13-,23-10-. The van der Waals surface area contributed by atoms with E-state index in [1.54, 1.807) is 18.4 Å². The van der Waals surface area contributed by atoms with Crippen LogP contribution < -0.4 is 4.74 Å². The lowest BCUT2D eigenvalue weighted by Gasteiger charge is -2.25. The van der Waals surface area contributed by atoms with E-state index < -0.39 is 0 Å². The molecule has 0 saturated carbocycles. The second-order valence-electron chi connectivity index (χ2n) is 6.01. The minimum Gasteiger partial charge on any atom is -0.493 e. The van der Waals surface area contributed by atoms with Crippen molar-refractivity contribution in [3.8, 4) is 5.75 Å². The lowest BCUT2D eigenvalue weighted by atomic mass is 9.85. The molecule has 0 bridgehead atoms. The van der Waals surface area contributed by atoms with Gasteiger partial charge in [-0.1, -0.05) is 18.6 Å². The average Bonchev–Trinajstić information content (AvgIpc) is 2.63. The van der Waals surface area contributed by atoms with Crippen molar-refractivity contribution < 1.29 is 13.9 Å². The molecular formula is C20H23ClFNO2. The molecule has 1 heterocycles. The highest BCUT2D eigenvalue weighted by Gasteiger charge is 2.29. The van der Waals surface area contributed by atoms with Crippen LogP contribution in [0.15, 0.2) is 46.0 Å². The molecule has 1 atom stereocenters. The monoisotopic (exact) mass is 363 g/mol. The Morgan fingerprint density at radius 1 is 1.48 bits per heavy atom. The SMILES string of the molecule is C\C=C(C(=O)C1COc2ccc(F)cc2C1)/C(/C=N\CCl)=C(/C)CC. The number of rotatable bonds is 6. The second-order valence-corrected chi connectivity index (χ2v) is 6.25. The van der Waals surface area contributed by atoms with Crippen molar-refractivity contribution >= 4 is 23.6 Å². The van der Waals surface area contributed by atoms with Crippen LogP contribution in [0.3, 0.4) is 0 Å². The first kappa shape index (κ1) is 19.4. The van der Waals surface area contributed by atoms with Crippen molar-refractivity contribution in [2.24, 2.45) is 10.9 Å². The van der Waals surface area contributed by atoms with Gasteiger partial charge in [0, 0.05) is 17.4 Å². The van der Waals surface area contributed by atoms with Gasteiger partial charge in [-0.25, -0.2) is 4.39 Å². The van der Waals surface area contributed by atoms with Gasteiger partial charge in [-0.3, -0.25) is 9.79 Å². The van der Waals surface area contributed by atoms with E-state index in [-0.39, 0.29) is 23.5 Å². The Morgan fingerprint density at radius 2 is 2.24 bits per heavy atom. The van der Waals surface area contributed by atoms with E-state index in [0.29, 0.717) is 24.4 Å². The molecule has 1 aromatic carbocycles. The molecular weight excluding hydrogens is 341 g/mol. The number of ether oxygens (including phenoxy) is 1. The van der Waals surface area contributed by atoms with Crippen LogP contribution in [0, 0.1) is 11.7 Å². The lowest BCUT2D eigenvalue weighted by molar-refractivity contribution is -0.120. The molecule has 1 aliphatic rings. The largest absolute Gasteiger partial charge is 0.493 e. The molecule has 0 radical (unpaired) electrons. The summed E-state index contributed by atoms with van der Waals surface area (Å²) in [7, 11) is 0. The van der Waals surface area contributed by atoms with Gasteiger partial charge in [-0.05, 0) is 50.5 Å². The van der Waals surface area contributed by atoms with Gasteiger partial charge in [0.2, 0.25) is 0 Å². The Labute approximate surface area is 153 Å². The highest BCUT2D eigenvalue weighted by atomic mass is 35.5. The van der Waals surface area contributed by atoms with Crippen molar-refractivity contribution in [1.29, 1.82) is 0 Å². The van der Waals surface area contributed by atoms with Gasteiger partial charge in [0.1, 0.15) is 17.6 Å². The number of hydrogen-bond donors (Lipinski definition) is 0. The molecule has 0 amide bonds. The molecule has 134 valence electrons. The number of fused-ring (bicyclic) bond motifs is 1. The van der Waals surface area contributed by atoms with Crippen LogP contribution in [0.2, 0.25) is 0 Å². The number of hydrogen-bond acceptors (Lipinski definition) is 3. The number of halogens is 2. The molecule has 2 rings (SSSR count). The fraction of sp³-hybridized carbons (Fsp3) is 0.400. The zero-order chi connectivity index (χ0) is 18.4. The van der Waals surface area contributed by atoms with Crippen LogP contribution in [-0.2, 0) is 11.2 Å². The maximum absolute atomic E-state index is 13.5. The number of carbonyl (C=O) groups is 1. The number of aliphatic imine (C=N–C) groups is 1. The Balaban J connectivity index is 2.30. The van der Waals surface area contributed by atoms with Crippen molar-refractivity contribution in [2.75, 3.05) is 12.6 Å². The number of nitrogens with zero attached hydrogens (tertiary/aromatic N) is 1. The van der Waals surface area contributed by atoms with E-state index in [1.165, 1.54) is 12.1 Å². The van der Waals surface area contributed by atoms with Gasteiger partial charge in [-0.2, -0.15) is 0 Å². The van der Waals surface area contributed by atoms with E-state index >= 15 is 0 Å². The summed E-state index contributed by atoms with van der Waals surface area (Å²) in [6.45, 7) is 6.14. The molecule has 1 aromatic rings. The van der Waals surface area contributed by atoms with E-state index in [0.717, 1.165) is 23.1 Å². The summed E-state index contributed by atoms with van der Waals surface area (Å²) in [6, 6.07) is 4.56. The summed E-state index contributed by atoms with van der Waals surface area (Å²) in [5.74, 6) is -0.0270. The Morgan fingerprint density at radius 3 is 2.88 bits per heavy atom. The summed E-state index contributed by atoms with van der Waals surface area (Å²) in [4.78, 5) is 17.2. The lowest BCUT2D eigenvalue weighted by Crippen LogP contribution is -2.30. The second kappa shape index (κ2) is 8.95. The third-order valence-electron chi connectivity index (χ3n) is 4.42. The summed E-state index contributed by atoms with van der Waals surface area (Å²) in [6.07, 6.45) is 4.74. The molecule has 0 saturated heterocycles. The maximum Gasteiger partial charge on any atom is 0.170 e. The maximum atomic E-state index is 13.5. The molecule has 0 aromatic heterocycles. The average molecular weight is 364 g/mol. The van der Waals surface area contributed by atoms with E-state index in [1.807, 2.05) is 20.8 Å². The van der Waals surface area contributed by atoms with E-state index in [9.17, 15) is 9.18 Å². The third kappa shape index (κ3) is 4.57. The number of benzene rings is 1. The number of alkyl halides is 1. The smallest absolute Gasteiger partial charge is 0.170 e. The zero-order valence-electron chi connectivity index (χ0n) is 14.8. The molecule has 0 N–H and O–H groups in total. The van der Waals surface area contributed by atoms with E-state index in [2.05, 4.69) is 4.99 Å². The van der Waals surface area contributed by atoms with Crippen LogP contribution in [0.5, 0.6) is 5.75 Å². The van der Waals surface area contributed by atoms with Crippen LogP contribution in [0.4, 0.5) is 4.39 Å². The number of allylic oxidation sites excluding steroid dienone is 4. The van der Waals surface area contributed by atoms with Gasteiger partial charge in [0.25, 0.3) is 0 Å². The van der Waals surface area contributed by atoms with E-state index in [4.69, 9.17) is 16.3 Å².